The molecule has 1 N–H and O–H groups in total. The summed E-state index contributed by atoms with van der Waals surface area (Å²) in [6.07, 6.45) is 13.2. The molecule has 0 spiro atoms. The van der Waals surface area contributed by atoms with Gasteiger partial charge in [-0.05, 0) is 0 Å². The van der Waals surface area contributed by atoms with Crippen LogP contribution in [0.25, 0.3) is 0 Å². The van der Waals surface area contributed by atoms with Crippen LogP contribution >= 0.6 is 19.2 Å². The van der Waals surface area contributed by atoms with E-state index in [1.165, 1.54) is 57.8 Å². The molecule has 4 heteroatoms. The molecule has 0 bridgehead atoms. The van der Waals surface area contributed by atoms with Gasteiger partial charge in [0.2, 0.25) is 0 Å². The number of thiol groups is 1. The van der Waals surface area contributed by atoms with E-state index in [1.807, 2.05) is 0 Å². The topological polar surface area (TPSA) is 29.5 Å². The Bertz CT molecular complexity index is 160. The molecule has 0 aromatic rings. The Morgan fingerprint density at radius 3 is 1.71 bits per heavy atom. The molecule has 0 aromatic heterocycles. The van der Waals surface area contributed by atoms with Crippen molar-refractivity contribution in [3.63, 3.8) is 0 Å². The van der Waals surface area contributed by atoms with Crippen molar-refractivity contribution >= 4 is 19.2 Å². The fraction of sp³-hybridized carbons (Fsp3) is 1.00. The van der Waals surface area contributed by atoms with Gasteiger partial charge >= 0.3 is 106 Å². The predicted molar refractivity (Wildman–Crippen MR) is 83.2 cm³/mol. The maximum atomic E-state index is 9.34. The van der Waals surface area contributed by atoms with Crippen LogP contribution in [0.1, 0.15) is 71.1 Å². The summed E-state index contributed by atoms with van der Waals surface area (Å²) in [7, 11) is 0. The zero-order valence-electron chi connectivity index (χ0n) is 11.6. The monoisotopic (exact) mass is 282 g/mol. The Labute approximate surface area is 113 Å². The molecular formula is C13H31O2PS. The zero-order valence-corrected chi connectivity index (χ0v) is 13.5. The second kappa shape index (κ2) is 11.8. The molecule has 0 amide bonds. The number of unbranched alkanes of at least 4 members (excludes halogenated alkanes) is 9. The van der Waals surface area contributed by atoms with E-state index in [2.05, 4.69) is 19.2 Å². The van der Waals surface area contributed by atoms with Crippen molar-refractivity contribution in [3.05, 3.63) is 0 Å². The quantitative estimate of drug-likeness (QED) is 0.300. The van der Waals surface area contributed by atoms with Crippen LogP contribution in [0.2, 0.25) is 0 Å². The molecule has 17 heavy (non-hydrogen) atoms. The molecule has 0 unspecified atom stereocenters. The van der Waals surface area contributed by atoms with E-state index in [9.17, 15) is 4.89 Å². The number of hydrogen-bond donors (Lipinski definition) is 2. The molecule has 0 radical (unpaired) electrons. The summed E-state index contributed by atoms with van der Waals surface area (Å²) >= 11 is 4.03. The summed E-state index contributed by atoms with van der Waals surface area (Å²) in [5.41, 5.74) is 0. The second-order valence-corrected chi connectivity index (χ2v) is 9.61. The molecule has 0 aliphatic rings. The van der Waals surface area contributed by atoms with Gasteiger partial charge in [0.05, 0.1) is 0 Å². The van der Waals surface area contributed by atoms with E-state index < -0.39 is 6.92 Å². The minimum absolute atomic E-state index is 0.666. The molecule has 0 fully saturated rings. The average Bonchev–Trinajstić information content (AvgIpc) is 2.24. The van der Waals surface area contributed by atoms with E-state index in [4.69, 9.17) is 4.52 Å². The van der Waals surface area contributed by atoms with Crippen LogP contribution in [0.5, 0.6) is 0 Å². The molecule has 0 aromatic carbocycles. The molecular weight excluding hydrogens is 251 g/mol. The second-order valence-electron chi connectivity index (χ2n) is 4.96. The number of hydrogen-bond acceptors (Lipinski definition) is 3. The van der Waals surface area contributed by atoms with Crippen molar-refractivity contribution in [2.75, 3.05) is 13.3 Å². The summed E-state index contributed by atoms with van der Waals surface area (Å²) in [6.45, 7) is 2.05. The Morgan fingerprint density at radius 2 is 1.29 bits per heavy atom. The third-order valence-corrected chi connectivity index (χ3v) is 4.01. The minimum atomic E-state index is -2.56. The summed E-state index contributed by atoms with van der Waals surface area (Å²) in [5, 5.41) is 0. The van der Waals surface area contributed by atoms with E-state index in [-0.39, 0.29) is 0 Å². The molecule has 0 aliphatic carbocycles. The van der Waals surface area contributed by atoms with Crippen LogP contribution in [0.15, 0.2) is 0 Å². The average molecular weight is 282 g/mol. The van der Waals surface area contributed by atoms with Crippen molar-refractivity contribution in [2.45, 2.75) is 71.1 Å². The standard InChI is InChI=1S/C13H31O2PS/c1-3-4-5-6-7-8-9-10-11-12-13-15-16(2,14)17/h14,16-17H,3-13H2,1-2H3. The van der Waals surface area contributed by atoms with E-state index in [1.54, 1.807) is 6.66 Å². The van der Waals surface area contributed by atoms with E-state index >= 15 is 0 Å². The molecule has 0 atom stereocenters. The first-order valence-corrected chi connectivity index (χ1v) is 10.8. The van der Waals surface area contributed by atoms with Crippen molar-refractivity contribution < 1.29 is 9.42 Å². The Balaban J connectivity index is 2.99. The van der Waals surface area contributed by atoms with Crippen LogP contribution < -0.4 is 0 Å². The van der Waals surface area contributed by atoms with Crippen LogP contribution in [-0.2, 0) is 4.52 Å². The van der Waals surface area contributed by atoms with Gasteiger partial charge in [-0.15, -0.1) is 0 Å². The molecule has 0 saturated carbocycles. The summed E-state index contributed by atoms with van der Waals surface area (Å²) in [4.78, 5) is 9.34. The van der Waals surface area contributed by atoms with E-state index in [0.29, 0.717) is 6.61 Å². The molecule has 0 saturated heterocycles. The fourth-order valence-electron chi connectivity index (χ4n) is 1.86. The van der Waals surface area contributed by atoms with Crippen LogP contribution in [0, 0.1) is 0 Å². The summed E-state index contributed by atoms with van der Waals surface area (Å²) in [5.74, 6) is 0. The van der Waals surface area contributed by atoms with Crippen molar-refractivity contribution in [3.8, 4) is 0 Å². The van der Waals surface area contributed by atoms with Gasteiger partial charge in [0.15, 0.2) is 0 Å². The zero-order chi connectivity index (χ0) is 13.0. The molecule has 106 valence electrons. The van der Waals surface area contributed by atoms with Gasteiger partial charge in [0, 0.05) is 0 Å². The third-order valence-electron chi connectivity index (χ3n) is 2.87. The first-order chi connectivity index (χ1) is 8.06. The summed E-state index contributed by atoms with van der Waals surface area (Å²) in [6, 6.07) is 0. The van der Waals surface area contributed by atoms with E-state index in [0.717, 1.165) is 6.42 Å². The van der Waals surface area contributed by atoms with Gasteiger partial charge in [0.25, 0.3) is 0 Å². The molecule has 0 rings (SSSR count). The normalized spacial score (nSPS) is 12.9. The maximum absolute atomic E-state index is 9.34. The predicted octanol–water partition coefficient (Wildman–Crippen LogP) is 4.97. The molecule has 0 heterocycles. The summed E-state index contributed by atoms with van der Waals surface area (Å²) < 4.78 is 5.26. The van der Waals surface area contributed by atoms with Crippen LogP contribution in [0.3, 0.4) is 0 Å². The Morgan fingerprint density at radius 1 is 0.882 bits per heavy atom. The SMILES string of the molecule is CCCCCCCCCCCCO[PH](C)(O)S. The third kappa shape index (κ3) is 16.7. The van der Waals surface area contributed by atoms with Crippen LogP contribution in [-0.4, -0.2) is 18.2 Å². The molecule has 0 aliphatic heterocycles. The van der Waals surface area contributed by atoms with Gasteiger partial charge in [-0.1, -0.05) is 6.92 Å². The first-order valence-electron chi connectivity index (χ1n) is 7.15. The van der Waals surface area contributed by atoms with Crippen molar-refractivity contribution in [1.82, 2.24) is 0 Å². The van der Waals surface area contributed by atoms with Crippen LogP contribution in [0.4, 0.5) is 0 Å². The fourth-order valence-corrected chi connectivity index (χ4v) is 2.66. The van der Waals surface area contributed by atoms with Gasteiger partial charge in [-0.25, -0.2) is 0 Å². The first kappa shape index (κ1) is 17.7. The van der Waals surface area contributed by atoms with Gasteiger partial charge in [0.1, 0.15) is 0 Å². The van der Waals surface area contributed by atoms with Crippen molar-refractivity contribution in [1.29, 1.82) is 0 Å². The molecule has 2 nitrogen and oxygen atoms in total. The van der Waals surface area contributed by atoms with Gasteiger partial charge < -0.3 is 0 Å². The van der Waals surface area contributed by atoms with Gasteiger partial charge in [-0.3, -0.25) is 0 Å². The number of rotatable bonds is 12. The van der Waals surface area contributed by atoms with Gasteiger partial charge in [-0.2, -0.15) is 0 Å². The van der Waals surface area contributed by atoms with Crippen molar-refractivity contribution in [2.24, 2.45) is 0 Å². The Kier molecular flexibility index (Phi) is 12.3. The Hall–Kier alpha value is 0.700.